The van der Waals surface area contributed by atoms with E-state index in [4.69, 9.17) is 0 Å². The lowest BCUT2D eigenvalue weighted by Gasteiger charge is -2.33. The van der Waals surface area contributed by atoms with Gasteiger partial charge >= 0.3 is 0 Å². The maximum absolute atomic E-state index is 3.34. The number of benzene rings is 2. The highest BCUT2D eigenvalue weighted by molar-refractivity contribution is 5.77. The van der Waals surface area contributed by atoms with Crippen LogP contribution in [0.25, 0.3) is 0 Å². The Balaban J connectivity index is 1.67. The van der Waals surface area contributed by atoms with Crippen LogP contribution in [0.3, 0.4) is 0 Å². The molecule has 1 atom stereocenters. The molecule has 2 aromatic rings. The molecule has 0 radical (unpaired) electrons. The third kappa shape index (κ3) is 3.25. The zero-order chi connectivity index (χ0) is 17.1. The van der Waals surface area contributed by atoms with Crippen LogP contribution < -0.4 is 15.1 Å². The Kier molecular flexibility index (Phi) is 4.93. The van der Waals surface area contributed by atoms with Crippen LogP contribution >= 0.6 is 0 Å². The topological polar surface area (TPSA) is 18.5 Å². The predicted molar refractivity (Wildman–Crippen MR) is 106 cm³/mol. The van der Waals surface area contributed by atoms with E-state index in [1.54, 1.807) is 0 Å². The summed E-state index contributed by atoms with van der Waals surface area (Å²) in [6, 6.07) is 21.1. The molecule has 0 amide bonds. The zero-order valence-electron chi connectivity index (χ0n) is 15.2. The minimum atomic E-state index is 0.418. The van der Waals surface area contributed by atoms with E-state index >= 15 is 0 Å². The summed E-state index contributed by atoms with van der Waals surface area (Å²) in [5, 5.41) is 3.34. The molecule has 2 aromatic carbocycles. The summed E-state index contributed by atoms with van der Waals surface area (Å²) in [5.41, 5.74) is 4.25. The molecule has 0 bridgehead atoms. The smallest absolute Gasteiger partial charge is 0.0913 e. The van der Waals surface area contributed by atoms with E-state index in [0.717, 1.165) is 19.6 Å². The molecule has 1 aliphatic heterocycles. The van der Waals surface area contributed by atoms with Crippen molar-refractivity contribution in [3.8, 4) is 0 Å². The highest BCUT2D eigenvalue weighted by Gasteiger charge is 2.35. The summed E-state index contributed by atoms with van der Waals surface area (Å²) < 4.78 is 0. The van der Waals surface area contributed by atoms with E-state index in [2.05, 4.69) is 69.7 Å². The molecule has 132 valence electrons. The molecule has 4 rings (SSSR count). The van der Waals surface area contributed by atoms with E-state index in [9.17, 15) is 0 Å². The average Bonchev–Trinajstić information content (AvgIpc) is 3.31. The maximum Gasteiger partial charge on any atom is 0.0913 e. The SMILES string of the molecule is CNCC[C@H](c1ccccc1)N1CN(C2CCCC2)c2ccccc21. The predicted octanol–water partition coefficient (Wildman–Crippen LogP) is 4.56. The Bertz CT molecular complexity index is 679. The fourth-order valence-corrected chi connectivity index (χ4v) is 4.52. The molecule has 1 heterocycles. The summed E-state index contributed by atoms with van der Waals surface area (Å²) in [5.74, 6) is 0. The van der Waals surface area contributed by atoms with Gasteiger partial charge in [0.2, 0.25) is 0 Å². The fourth-order valence-electron chi connectivity index (χ4n) is 4.52. The molecule has 0 unspecified atom stereocenters. The summed E-state index contributed by atoms with van der Waals surface area (Å²) in [6.07, 6.45) is 6.56. The van der Waals surface area contributed by atoms with Crippen LogP contribution in [-0.2, 0) is 0 Å². The molecule has 1 fully saturated rings. The molecule has 25 heavy (non-hydrogen) atoms. The van der Waals surface area contributed by atoms with Crippen molar-refractivity contribution in [1.82, 2.24) is 5.32 Å². The number of fused-ring (bicyclic) bond motifs is 1. The summed E-state index contributed by atoms with van der Waals surface area (Å²) in [4.78, 5) is 5.29. The summed E-state index contributed by atoms with van der Waals surface area (Å²) in [6.45, 7) is 2.05. The number of nitrogens with zero attached hydrogens (tertiary/aromatic N) is 2. The molecule has 0 aromatic heterocycles. The van der Waals surface area contributed by atoms with Crippen molar-refractivity contribution in [1.29, 1.82) is 0 Å². The van der Waals surface area contributed by atoms with Crippen molar-refractivity contribution < 1.29 is 0 Å². The maximum atomic E-state index is 3.34. The molecule has 0 spiro atoms. The number of para-hydroxylation sites is 2. The summed E-state index contributed by atoms with van der Waals surface area (Å²) in [7, 11) is 2.05. The molecule has 3 heteroatoms. The zero-order valence-corrected chi connectivity index (χ0v) is 15.2. The van der Waals surface area contributed by atoms with Crippen molar-refractivity contribution in [2.24, 2.45) is 0 Å². The first kappa shape index (κ1) is 16.5. The second kappa shape index (κ2) is 7.49. The second-order valence-corrected chi connectivity index (χ2v) is 7.33. The lowest BCUT2D eigenvalue weighted by Crippen LogP contribution is -2.39. The van der Waals surface area contributed by atoms with E-state index in [-0.39, 0.29) is 0 Å². The largest absolute Gasteiger partial charge is 0.349 e. The minimum Gasteiger partial charge on any atom is -0.349 e. The molecule has 1 saturated carbocycles. The summed E-state index contributed by atoms with van der Waals surface area (Å²) >= 11 is 0. The van der Waals surface area contributed by atoms with Crippen molar-refractivity contribution in [3.63, 3.8) is 0 Å². The Labute approximate surface area is 151 Å². The lowest BCUT2D eigenvalue weighted by molar-refractivity contribution is 0.539. The minimum absolute atomic E-state index is 0.418. The van der Waals surface area contributed by atoms with Crippen LogP contribution in [-0.4, -0.2) is 26.3 Å². The van der Waals surface area contributed by atoms with Gasteiger partial charge in [0.15, 0.2) is 0 Å². The Morgan fingerprint density at radius 2 is 1.64 bits per heavy atom. The van der Waals surface area contributed by atoms with Gasteiger partial charge in [-0.1, -0.05) is 55.3 Å². The first-order valence-electron chi connectivity index (χ1n) is 9.70. The number of hydrogen-bond donors (Lipinski definition) is 1. The van der Waals surface area contributed by atoms with Crippen LogP contribution in [0.15, 0.2) is 54.6 Å². The van der Waals surface area contributed by atoms with Crippen molar-refractivity contribution in [3.05, 3.63) is 60.2 Å². The van der Waals surface area contributed by atoms with Gasteiger partial charge in [0.25, 0.3) is 0 Å². The van der Waals surface area contributed by atoms with Gasteiger partial charge in [-0.15, -0.1) is 0 Å². The quantitative estimate of drug-likeness (QED) is 0.834. The molecule has 3 nitrogen and oxygen atoms in total. The van der Waals surface area contributed by atoms with Crippen LogP contribution in [0.5, 0.6) is 0 Å². The van der Waals surface area contributed by atoms with E-state index < -0.39 is 0 Å². The van der Waals surface area contributed by atoms with Crippen LogP contribution in [0.2, 0.25) is 0 Å². The molecular weight excluding hydrogens is 306 g/mol. The van der Waals surface area contributed by atoms with Gasteiger partial charge in [-0.3, -0.25) is 0 Å². The van der Waals surface area contributed by atoms with E-state index in [1.807, 2.05) is 7.05 Å². The van der Waals surface area contributed by atoms with Gasteiger partial charge in [-0.2, -0.15) is 0 Å². The fraction of sp³-hybridized carbons (Fsp3) is 0.455. The van der Waals surface area contributed by atoms with Gasteiger partial charge in [0.05, 0.1) is 24.1 Å². The monoisotopic (exact) mass is 335 g/mol. The first-order chi connectivity index (χ1) is 12.4. The van der Waals surface area contributed by atoms with Crippen LogP contribution in [0.4, 0.5) is 11.4 Å². The molecular formula is C22H29N3. The lowest BCUT2D eigenvalue weighted by atomic mass is 10.0. The van der Waals surface area contributed by atoms with Crippen LogP contribution in [0, 0.1) is 0 Å². The van der Waals surface area contributed by atoms with Crippen molar-refractivity contribution >= 4 is 11.4 Å². The normalized spacial score (nSPS) is 18.6. The third-order valence-corrected chi connectivity index (χ3v) is 5.80. The second-order valence-electron chi connectivity index (χ2n) is 7.33. The van der Waals surface area contributed by atoms with Gasteiger partial charge < -0.3 is 15.1 Å². The Morgan fingerprint density at radius 1 is 0.960 bits per heavy atom. The third-order valence-electron chi connectivity index (χ3n) is 5.80. The van der Waals surface area contributed by atoms with Gasteiger partial charge in [-0.05, 0) is 50.6 Å². The van der Waals surface area contributed by atoms with Crippen molar-refractivity contribution in [2.75, 3.05) is 30.1 Å². The Morgan fingerprint density at radius 3 is 2.36 bits per heavy atom. The molecule has 0 saturated heterocycles. The Hall–Kier alpha value is -2.00. The molecule has 1 aliphatic carbocycles. The van der Waals surface area contributed by atoms with Crippen molar-refractivity contribution in [2.45, 2.75) is 44.2 Å². The highest BCUT2D eigenvalue weighted by Crippen LogP contribution is 2.44. The standard InChI is InChI=1S/C22H29N3/c1-23-16-15-20(18-9-3-2-4-10-18)25-17-24(19-11-5-6-12-19)21-13-7-8-14-22(21)25/h2-4,7-10,13-14,19-20,23H,5-6,11-12,15-17H2,1H3/t20-/m1/s1. The molecule has 1 N–H and O–H groups in total. The van der Waals surface area contributed by atoms with Gasteiger partial charge in [0.1, 0.15) is 0 Å². The van der Waals surface area contributed by atoms with Gasteiger partial charge in [0, 0.05) is 6.04 Å². The highest BCUT2D eigenvalue weighted by atomic mass is 15.4. The van der Waals surface area contributed by atoms with Gasteiger partial charge in [-0.25, -0.2) is 0 Å². The number of nitrogens with one attached hydrogen (secondary N) is 1. The molecule has 2 aliphatic rings. The average molecular weight is 335 g/mol. The van der Waals surface area contributed by atoms with E-state index in [1.165, 1.54) is 42.6 Å². The van der Waals surface area contributed by atoms with Crippen LogP contribution in [0.1, 0.15) is 43.7 Å². The number of anilines is 2. The van der Waals surface area contributed by atoms with E-state index in [0.29, 0.717) is 12.1 Å². The first-order valence-corrected chi connectivity index (χ1v) is 9.70. The number of hydrogen-bond acceptors (Lipinski definition) is 3. The number of rotatable bonds is 6.